The van der Waals surface area contributed by atoms with Crippen LogP contribution in [-0.4, -0.2) is 43.2 Å². The van der Waals surface area contributed by atoms with Gasteiger partial charge in [0.2, 0.25) is 5.13 Å². The number of halogens is 2. The number of hydrogen-bond donors (Lipinski definition) is 0. The van der Waals surface area contributed by atoms with Crippen LogP contribution in [-0.2, 0) is 28.7 Å². The van der Waals surface area contributed by atoms with Crippen molar-refractivity contribution in [2.24, 2.45) is 5.92 Å². The van der Waals surface area contributed by atoms with E-state index in [2.05, 4.69) is 4.98 Å². The fourth-order valence-electron chi connectivity index (χ4n) is 5.18. The number of methoxy groups -OCH3 is 1. The third kappa shape index (κ3) is 6.58. The largest absolute Gasteiger partial charge is 0.768 e. The fraction of sp³-hybridized carbons (Fsp3) is 0.242. The summed E-state index contributed by atoms with van der Waals surface area (Å²) in [6.07, 6.45) is 2.78. The van der Waals surface area contributed by atoms with Crippen molar-refractivity contribution in [1.29, 1.82) is 0 Å². The first kappa shape index (κ1) is 30.8. The van der Waals surface area contributed by atoms with Gasteiger partial charge in [0, 0.05) is 33.4 Å². The molecule has 1 aliphatic carbocycles. The molecule has 1 saturated carbocycles. The highest BCUT2D eigenvalue weighted by Gasteiger charge is 2.30. The van der Waals surface area contributed by atoms with E-state index in [1.165, 1.54) is 29.5 Å². The summed E-state index contributed by atoms with van der Waals surface area (Å²) in [5.41, 5.74) is 3.97. The van der Waals surface area contributed by atoms with Crippen LogP contribution in [0.3, 0.4) is 0 Å². The first-order valence-corrected chi connectivity index (χ1v) is 16.3. The molecule has 8 nitrogen and oxygen atoms in total. The first-order chi connectivity index (χ1) is 21.7. The van der Waals surface area contributed by atoms with Gasteiger partial charge in [-0.1, -0.05) is 18.2 Å². The van der Waals surface area contributed by atoms with Crippen molar-refractivity contribution in [3.8, 4) is 33.3 Å². The molecule has 0 radical (unpaired) electrons. The van der Waals surface area contributed by atoms with E-state index in [0.717, 1.165) is 24.6 Å². The van der Waals surface area contributed by atoms with Gasteiger partial charge in [-0.05, 0) is 96.8 Å². The highest BCUT2D eigenvalue weighted by Crippen LogP contribution is 2.39. The van der Waals surface area contributed by atoms with Crippen molar-refractivity contribution >= 4 is 28.4 Å². The molecule has 45 heavy (non-hydrogen) atoms. The van der Waals surface area contributed by atoms with E-state index >= 15 is 8.78 Å². The maximum Gasteiger partial charge on any atom is 0.357 e. The average molecular weight is 649 g/mol. The van der Waals surface area contributed by atoms with Crippen LogP contribution in [0.25, 0.3) is 27.5 Å². The zero-order valence-corrected chi connectivity index (χ0v) is 26.1. The van der Waals surface area contributed by atoms with Crippen LogP contribution >= 0.6 is 11.3 Å². The number of ether oxygens (including phenoxy) is 2. The van der Waals surface area contributed by atoms with Crippen LogP contribution in [0.1, 0.15) is 47.1 Å². The lowest BCUT2D eigenvalue weighted by atomic mass is 9.94. The predicted octanol–water partition coefficient (Wildman–Crippen LogP) is 6.91. The van der Waals surface area contributed by atoms with Crippen LogP contribution < -0.4 is 4.74 Å². The van der Waals surface area contributed by atoms with Gasteiger partial charge in [-0.2, -0.15) is 5.10 Å². The van der Waals surface area contributed by atoms with Gasteiger partial charge in [-0.15, -0.1) is 11.3 Å². The normalized spacial score (nSPS) is 13.5. The molecule has 0 amide bonds. The van der Waals surface area contributed by atoms with Crippen molar-refractivity contribution in [1.82, 2.24) is 14.8 Å². The number of aromatic nitrogens is 3. The molecule has 3 aromatic carbocycles. The molecule has 0 bridgehead atoms. The van der Waals surface area contributed by atoms with Gasteiger partial charge < -0.3 is 14.0 Å². The number of benzene rings is 3. The number of rotatable bonds is 11. The Balaban J connectivity index is 1.53. The summed E-state index contributed by atoms with van der Waals surface area (Å²) in [4.78, 5) is 16.8. The molecule has 232 valence electrons. The predicted molar refractivity (Wildman–Crippen MR) is 165 cm³/mol. The number of thiazole rings is 1. The van der Waals surface area contributed by atoms with E-state index in [1.807, 2.05) is 0 Å². The van der Waals surface area contributed by atoms with E-state index < -0.39 is 28.7 Å². The van der Waals surface area contributed by atoms with Crippen molar-refractivity contribution in [2.45, 2.75) is 37.5 Å². The Labute approximate surface area is 265 Å². The maximum absolute atomic E-state index is 15.3. The maximum atomic E-state index is 15.3. The van der Waals surface area contributed by atoms with Gasteiger partial charge in [0.15, 0.2) is 5.69 Å². The minimum absolute atomic E-state index is 0.0942. The molecule has 2 aromatic heterocycles. The van der Waals surface area contributed by atoms with Crippen LogP contribution in [0.2, 0.25) is 0 Å². The van der Waals surface area contributed by atoms with Gasteiger partial charge in [-0.3, -0.25) is 4.21 Å². The van der Waals surface area contributed by atoms with Crippen LogP contribution in [0.4, 0.5) is 8.78 Å². The van der Waals surface area contributed by atoms with Gasteiger partial charge in [0.1, 0.15) is 17.4 Å². The highest BCUT2D eigenvalue weighted by molar-refractivity contribution is 7.79. The third-order valence-electron chi connectivity index (χ3n) is 7.63. The molecule has 6 rings (SSSR count). The van der Waals surface area contributed by atoms with Crippen LogP contribution in [0, 0.1) is 17.6 Å². The summed E-state index contributed by atoms with van der Waals surface area (Å²) in [5, 5.41) is 7.01. The fourth-order valence-corrected chi connectivity index (χ4v) is 6.32. The van der Waals surface area contributed by atoms with E-state index in [-0.39, 0.29) is 29.2 Å². The molecule has 1 aliphatic rings. The lowest BCUT2D eigenvalue weighted by Crippen LogP contribution is -2.08. The minimum atomic E-state index is -2.58. The van der Waals surface area contributed by atoms with E-state index in [4.69, 9.17) is 14.6 Å². The Hall–Kier alpha value is -4.26. The van der Waals surface area contributed by atoms with Crippen molar-refractivity contribution in [3.63, 3.8) is 0 Å². The second-order valence-corrected chi connectivity index (χ2v) is 12.4. The molecule has 0 spiro atoms. The average Bonchev–Trinajstić information content (AvgIpc) is 3.60. The minimum Gasteiger partial charge on any atom is -0.768 e. The van der Waals surface area contributed by atoms with Gasteiger partial charge in [0.25, 0.3) is 0 Å². The molecule has 0 aliphatic heterocycles. The topological polar surface area (TPSA) is 106 Å². The van der Waals surface area contributed by atoms with E-state index in [9.17, 15) is 13.6 Å². The number of hydrogen-bond acceptors (Lipinski definition) is 8. The lowest BCUT2D eigenvalue weighted by Gasteiger charge is -2.12. The summed E-state index contributed by atoms with van der Waals surface area (Å²) < 4.78 is 65.6. The summed E-state index contributed by atoms with van der Waals surface area (Å²) in [7, 11) is 1.54. The molecular weight excluding hydrogens is 621 g/mol. The molecular formula is C33H28F2N3O5S2-. The van der Waals surface area contributed by atoms with Crippen molar-refractivity contribution in [2.75, 3.05) is 13.7 Å². The molecule has 2 heterocycles. The first-order valence-electron chi connectivity index (χ1n) is 14.3. The molecule has 0 saturated heterocycles. The second kappa shape index (κ2) is 13.0. The lowest BCUT2D eigenvalue weighted by molar-refractivity contribution is 0.0520. The number of carbonyl (C=O) groups is 1. The molecule has 12 heteroatoms. The third-order valence-corrected chi connectivity index (χ3v) is 9.09. The summed E-state index contributed by atoms with van der Waals surface area (Å²) >= 11 is -1.35. The Morgan fingerprint density at radius 1 is 1.09 bits per heavy atom. The number of esters is 1. The molecule has 5 aromatic rings. The summed E-state index contributed by atoms with van der Waals surface area (Å²) in [6.45, 7) is 1.92. The van der Waals surface area contributed by atoms with Gasteiger partial charge >= 0.3 is 5.97 Å². The smallest absolute Gasteiger partial charge is 0.357 e. The van der Waals surface area contributed by atoms with Gasteiger partial charge in [0.05, 0.1) is 25.1 Å². The SMILES string of the molecule is CCOC(=O)c1csc(-n2nc(-c3ccc(F)c(-c4cccc(OC)c4)c3)c(Cc3ccc(S(=O)[O-])cc3F)c2CC2CC2)n1. The Kier molecular flexibility index (Phi) is 8.88. The second-order valence-electron chi connectivity index (χ2n) is 10.7. The number of carbonyl (C=O) groups excluding carboxylic acids is 1. The Bertz CT molecular complexity index is 1920. The van der Waals surface area contributed by atoms with Crippen LogP contribution in [0.15, 0.2) is 70.9 Å². The standard InChI is InChI=1S/C33H29F2N3O5S2/c1-3-43-32(39)29-18-44-33(36-29)38-30(13-19-7-8-19)26(15-21-9-11-24(45(40)41)17-28(21)35)31(37-38)22-10-12-27(34)25(16-22)20-5-4-6-23(14-20)42-2/h4-6,9-12,14,16-19H,3,7-8,13,15H2,1-2H3,(H,40,41)/p-1. The molecule has 1 unspecified atom stereocenters. The number of nitrogens with zero attached hydrogens (tertiary/aromatic N) is 3. The Morgan fingerprint density at radius 2 is 1.91 bits per heavy atom. The summed E-state index contributed by atoms with van der Waals surface area (Å²) in [5.74, 6) is -0.670. The zero-order chi connectivity index (χ0) is 31.7. The summed E-state index contributed by atoms with van der Waals surface area (Å²) in [6, 6.07) is 15.6. The van der Waals surface area contributed by atoms with Crippen molar-refractivity contribution < 1.29 is 31.8 Å². The van der Waals surface area contributed by atoms with Gasteiger partial charge in [-0.25, -0.2) is 23.2 Å². The molecule has 1 fully saturated rings. The zero-order valence-electron chi connectivity index (χ0n) is 24.4. The monoisotopic (exact) mass is 648 g/mol. The van der Waals surface area contributed by atoms with E-state index in [0.29, 0.717) is 51.2 Å². The Morgan fingerprint density at radius 3 is 2.62 bits per heavy atom. The van der Waals surface area contributed by atoms with Crippen LogP contribution in [0.5, 0.6) is 5.75 Å². The molecule has 1 atom stereocenters. The van der Waals surface area contributed by atoms with Crippen molar-refractivity contribution in [3.05, 3.63) is 100 Å². The highest BCUT2D eigenvalue weighted by atomic mass is 32.2. The molecule has 0 N–H and O–H groups in total. The quantitative estimate of drug-likeness (QED) is 0.113. The van der Waals surface area contributed by atoms with E-state index in [1.54, 1.807) is 60.5 Å².